The van der Waals surface area contributed by atoms with Crippen molar-refractivity contribution in [3.8, 4) is 5.88 Å². The number of nitrogens with zero attached hydrogens (tertiary/aromatic N) is 2. The molecule has 16 heavy (non-hydrogen) atoms. The molecule has 0 saturated carbocycles. The molecule has 1 aromatic rings. The average Bonchev–Trinajstić information content (AvgIpc) is 2.40. The summed E-state index contributed by atoms with van der Waals surface area (Å²) in [4.78, 5) is 22.2. The number of rotatable bonds is 3. The first-order valence-electron chi connectivity index (χ1n) is 4.60. The van der Waals surface area contributed by atoms with E-state index in [9.17, 15) is 14.7 Å². The summed E-state index contributed by atoms with van der Waals surface area (Å²) in [6.45, 7) is 2.89. The Morgan fingerprint density at radius 1 is 1.50 bits per heavy atom. The van der Waals surface area contributed by atoms with E-state index < -0.39 is 17.9 Å². The van der Waals surface area contributed by atoms with Crippen LogP contribution >= 0.6 is 0 Å². The van der Waals surface area contributed by atoms with E-state index in [0.29, 0.717) is 5.69 Å². The van der Waals surface area contributed by atoms with Gasteiger partial charge in [0.25, 0.3) is 5.91 Å². The molecule has 1 unspecified atom stereocenters. The van der Waals surface area contributed by atoms with Gasteiger partial charge in [-0.3, -0.25) is 9.59 Å². The Kier molecular flexibility index (Phi) is 3.17. The van der Waals surface area contributed by atoms with Gasteiger partial charge in [-0.25, -0.2) is 4.68 Å². The summed E-state index contributed by atoms with van der Waals surface area (Å²) in [5.41, 5.74) is 0.339. The highest BCUT2D eigenvalue weighted by Gasteiger charge is 2.22. The molecule has 7 heteroatoms. The Hall–Kier alpha value is -2.05. The van der Waals surface area contributed by atoms with Crippen LogP contribution in [0.2, 0.25) is 0 Å². The molecule has 7 nitrogen and oxygen atoms in total. The van der Waals surface area contributed by atoms with Crippen LogP contribution in [0.25, 0.3) is 0 Å². The zero-order chi connectivity index (χ0) is 12.5. The molecule has 0 aliphatic rings. The van der Waals surface area contributed by atoms with Crippen molar-refractivity contribution < 1.29 is 19.8 Å². The summed E-state index contributed by atoms with van der Waals surface area (Å²) in [6, 6.07) is -1.02. The third-order valence-electron chi connectivity index (χ3n) is 2.14. The van der Waals surface area contributed by atoms with Gasteiger partial charge >= 0.3 is 5.97 Å². The highest BCUT2D eigenvalue weighted by molar-refractivity contribution is 5.99. The number of aliphatic carboxylic acids is 1. The lowest BCUT2D eigenvalue weighted by atomic mass is 10.2. The standard InChI is InChI=1S/C9H13N3O4/c1-4-6(8(14)12(3)11-4)7(13)10-5(2)9(15)16/h5,14H,1-3H3,(H,10,13)(H,15,16). The molecule has 0 fully saturated rings. The summed E-state index contributed by atoms with van der Waals surface area (Å²) in [5, 5.41) is 24.2. The number of carboxylic acids is 1. The number of carboxylic acid groups (broad SMARTS) is 1. The van der Waals surface area contributed by atoms with Gasteiger partial charge in [0.05, 0.1) is 5.69 Å². The van der Waals surface area contributed by atoms with Gasteiger partial charge in [-0.05, 0) is 13.8 Å². The van der Waals surface area contributed by atoms with Crippen molar-refractivity contribution in [2.24, 2.45) is 7.05 Å². The average molecular weight is 227 g/mol. The first-order valence-corrected chi connectivity index (χ1v) is 4.60. The second kappa shape index (κ2) is 4.21. The summed E-state index contributed by atoms with van der Waals surface area (Å²) in [6.07, 6.45) is 0. The van der Waals surface area contributed by atoms with Gasteiger partial charge < -0.3 is 15.5 Å². The van der Waals surface area contributed by atoms with Crippen LogP contribution in [0.1, 0.15) is 23.0 Å². The molecule has 88 valence electrons. The fraction of sp³-hybridized carbons (Fsp3) is 0.444. The number of hydrogen-bond acceptors (Lipinski definition) is 4. The SMILES string of the molecule is Cc1nn(C)c(O)c1C(=O)NC(C)C(=O)O. The number of amides is 1. The highest BCUT2D eigenvalue weighted by atomic mass is 16.4. The third-order valence-corrected chi connectivity index (χ3v) is 2.14. The van der Waals surface area contributed by atoms with Gasteiger partial charge in [-0.15, -0.1) is 0 Å². The molecular formula is C9H13N3O4. The van der Waals surface area contributed by atoms with Gasteiger partial charge in [-0.2, -0.15) is 5.10 Å². The third kappa shape index (κ3) is 2.13. The number of hydrogen-bond donors (Lipinski definition) is 3. The van der Waals surface area contributed by atoms with Crippen LogP contribution in [0.5, 0.6) is 5.88 Å². The van der Waals surface area contributed by atoms with Crippen molar-refractivity contribution in [1.82, 2.24) is 15.1 Å². The largest absolute Gasteiger partial charge is 0.493 e. The molecule has 0 bridgehead atoms. The lowest BCUT2D eigenvalue weighted by Gasteiger charge is -2.08. The molecule has 0 radical (unpaired) electrons. The van der Waals surface area contributed by atoms with Crippen LogP contribution < -0.4 is 5.32 Å². The molecule has 1 aromatic heterocycles. The van der Waals surface area contributed by atoms with Crippen LogP contribution in [0.3, 0.4) is 0 Å². The zero-order valence-corrected chi connectivity index (χ0v) is 9.18. The van der Waals surface area contributed by atoms with Gasteiger partial charge in [0, 0.05) is 7.05 Å². The number of carbonyl (C=O) groups excluding carboxylic acids is 1. The van der Waals surface area contributed by atoms with Crippen molar-refractivity contribution in [3.63, 3.8) is 0 Å². The highest BCUT2D eigenvalue weighted by Crippen LogP contribution is 2.19. The summed E-state index contributed by atoms with van der Waals surface area (Å²) in [7, 11) is 1.49. The smallest absolute Gasteiger partial charge is 0.325 e. The van der Waals surface area contributed by atoms with E-state index in [-0.39, 0.29) is 11.4 Å². The molecule has 1 heterocycles. The molecule has 0 aromatic carbocycles. The number of carbonyl (C=O) groups is 2. The van der Waals surface area contributed by atoms with Gasteiger partial charge in [0.15, 0.2) is 0 Å². The molecule has 0 spiro atoms. The Bertz CT molecular complexity index is 438. The maximum atomic E-state index is 11.6. The Balaban J connectivity index is 2.93. The number of aromatic nitrogens is 2. The van der Waals surface area contributed by atoms with Crippen LogP contribution in [-0.4, -0.2) is 37.9 Å². The summed E-state index contributed by atoms with van der Waals surface area (Å²) >= 11 is 0. The van der Waals surface area contributed by atoms with Crippen molar-refractivity contribution in [2.75, 3.05) is 0 Å². The minimum Gasteiger partial charge on any atom is -0.493 e. The van der Waals surface area contributed by atoms with Gasteiger partial charge in [0.2, 0.25) is 5.88 Å². The van der Waals surface area contributed by atoms with Crippen molar-refractivity contribution >= 4 is 11.9 Å². The van der Waals surface area contributed by atoms with E-state index in [1.807, 2.05) is 0 Å². The van der Waals surface area contributed by atoms with Crippen LogP contribution in [0.4, 0.5) is 0 Å². The van der Waals surface area contributed by atoms with E-state index in [0.717, 1.165) is 4.68 Å². The maximum absolute atomic E-state index is 11.6. The topological polar surface area (TPSA) is 104 Å². The molecule has 1 atom stereocenters. The fourth-order valence-corrected chi connectivity index (χ4v) is 1.24. The number of aromatic hydroxyl groups is 1. The Morgan fingerprint density at radius 3 is 2.44 bits per heavy atom. The Labute approximate surface area is 91.7 Å². The predicted molar refractivity (Wildman–Crippen MR) is 54.2 cm³/mol. The maximum Gasteiger partial charge on any atom is 0.325 e. The first-order chi connectivity index (χ1) is 7.34. The minimum atomic E-state index is -1.14. The van der Waals surface area contributed by atoms with Crippen molar-refractivity contribution in [3.05, 3.63) is 11.3 Å². The molecule has 0 saturated heterocycles. The summed E-state index contributed by atoms with van der Waals surface area (Å²) in [5.74, 6) is -2.08. The number of nitrogens with one attached hydrogen (secondary N) is 1. The minimum absolute atomic E-state index is 0.00407. The molecular weight excluding hydrogens is 214 g/mol. The van der Waals surface area contributed by atoms with E-state index in [1.54, 1.807) is 6.92 Å². The van der Waals surface area contributed by atoms with E-state index >= 15 is 0 Å². The second-order valence-electron chi connectivity index (χ2n) is 3.44. The summed E-state index contributed by atoms with van der Waals surface area (Å²) < 4.78 is 1.15. The monoisotopic (exact) mass is 227 g/mol. The fourth-order valence-electron chi connectivity index (χ4n) is 1.24. The molecule has 3 N–H and O–H groups in total. The predicted octanol–water partition coefficient (Wildman–Crippen LogP) is -0.363. The lowest BCUT2D eigenvalue weighted by Crippen LogP contribution is -2.38. The van der Waals surface area contributed by atoms with E-state index in [4.69, 9.17) is 5.11 Å². The van der Waals surface area contributed by atoms with Crippen molar-refractivity contribution in [2.45, 2.75) is 19.9 Å². The van der Waals surface area contributed by atoms with E-state index in [1.165, 1.54) is 14.0 Å². The zero-order valence-electron chi connectivity index (χ0n) is 9.18. The van der Waals surface area contributed by atoms with Gasteiger partial charge in [-0.1, -0.05) is 0 Å². The van der Waals surface area contributed by atoms with Crippen LogP contribution in [-0.2, 0) is 11.8 Å². The van der Waals surface area contributed by atoms with Crippen LogP contribution in [0.15, 0.2) is 0 Å². The van der Waals surface area contributed by atoms with E-state index in [2.05, 4.69) is 10.4 Å². The molecule has 0 aliphatic carbocycles. The second-order valence-corrected chi connectivity index (χ2v) is 3.44. The quantitative estimate of drug-likeness (QED) is 0.654. The number of aryl methyl sites for hydroxylation is 2. The normalized spacial score (nSPS) is 12.2. The molecule has 0 aliphatic heterocycles. The van der Waals surface area contributed by atoms with Gasteiger partial charge in [0.1, 0.15) is 11.6 Å². The van der Waals surface area contributed by atoms with Crippen molar-refractivity contribution in [1.29, 1.82) is 0 Å². The Morgan fingerprint density at radius 2 is 2.06 bits per heavy atom. The lowest BCUT2D eigenvalue weighted by molar-refractivity contribution is -0.138. The molecule has 1 amide bonds. The first kappa shape index (κ1) is 12.0. The van der Waals surface area contributed by atoms with Crippen LogP contribution in [0, 0.1) is 6.92 Å². The molecule has 1 rings (SSSR count).